The zero-order chi connectivity index (χ0) is 42.8. The summed E-state index contributed by atoms with van der Waals surface area (Å²) in [5.41, 5.74) is 5.39. The molecule has 60 heavy (non-hydrogen) atoms. The van der Waals surface area contributed by atoms with Gasteiger partial charge in [0.1, 0.15) is 0 Å². The van der Waals surface area contributed by atoms with Crippen molar-refractivity contribution in [1.29, 1.82) is 0 Å². The molecule has 6 N–H and O–H groups in total. The first kappa shape index (κ1) is 39.6. The highest BCUT2D eigenvalue weighted by atomic mass is 16.4. The number of carboxylic acid groups (broad SMARTS) is 6. The van der Waals surface area contributed by atoms with Gasteiger partial charge in [-0.1, -0.05) is 72.8 Å². The van der Waals surface area contributed by atoms with E-state index in [2.05, 4.69) is 0 Å². The van der Waals surface area contributed by atoms with E-state index in [1.807, 2.05) is 0 Å². The Bertz CT molecular complexity index is 2320. The molecule has 12 nitrogen and oxygen atoms in total. The van der Waals surface area contributed by atoms with E-state index in [0.717, 1.165) is 0 Å². The maximum absolute atomic E-state index is 12.1. The molecular formula is C48H30O12. The van der Waals surface area contributed by atoms with E-state index >= 15 is 0 Å². The number of benzene rings is 7. The Morgan fingerprint density at radius 2 is 0.300 bits per heavy atom. The molecule has 0 bridgehead atoms. The third-order valence-corrected chi connectivity index (χ3v) is 10.0. The summed E-state index contributed by atoms with van der Waals surface area (Å²) < 4.78 is 0. The van der Waals surface area contributed by atoms with Crippen LogP contribution in [-0.2, 0) is 0 Å². The Balaban J connectivity index is 1.80. The average molecular weight is 799 g/mol. The van der Waals surface area contributed by atoms with E-state index in [1.165, 1.54) is 72.8 Å². The van der Waals surface area contributed by atoms with Gasteiger partial charge in [-0.15, -0.1) is 0 Å². The Morgan fingerprint density at radius 3 is 0.383 bits per heavy atom. The van der Waals surface area contributed by atoms with E-state index in [-0.39, 0.29) is 33.4 Å². The van der Waals surface area contributed by atoms with Gasteiger partial charge in [0.05, 0.1) is 33.4 Å². The van der Waals surface area contributed by atoms with Crippen LogP contribution in [0.4, 0.5) is 0 Å². The van der Waals surface area contributed by atoms with Crippen LogP contribution in [0, 0.1) is 0 Å². The minimum absolute atomic E-state index is 0.0254. The molecule has 0 saturated heterocycles. The summed E-state index contributed by atoms with van der Waals surface area (Å²) in [7, 11) is 0. The second-order valence-corrected chi connectivity index (χ2v) is 13.5. The van der Waals surface area contributed by atoms with Gasteiger partial charge in [-0.3, -0.25) is 0 Å². The van der Waals surface area contributed by atoms with Crippen LogP contribution >= 0.6 is 0 Å². The highest BCUT2D eigenvalue weighted by molar-refractivity contribution is 6.15. The fourth-order valence-corrected chi connectivity index (χ4v) is 7.16. The van der Waals surface area contributed by atoms with Gasteiger partial charge in [0.25, 0.3) is 0 Å². The highest BCUT2D eigenvalue weighted by Crippen LogP contribution is 2.56. The SMILES string of the molecule is O=C(O)c1ccc(-c2c(-c3ccc(C(=O)O)cc3)c(-c3ccc(C(=O)O)cc3)c(-c3ccc(C(=O)O)cc3)c(-c3ccc(C(=O)O)cc3)c2-c2ccc(C(=O)O)cc2)cc1. The number of hydrogen-bond acceptors (Lipinski definition) is 6. The van der Waals surface area contributed by atoms with Crippen LogP contribution in [0.15, 0.2) is 146 Å². The molecule has 0 amide bonds. The molecule has 7 aromatic rings. The van der Waals surface area contributed by atoms with Crippen LogP contribution < -0.4 is 0 Å². The summed E-state index contributed by atoms with van der Waals surface area (Å²) in [6.07, 6.45) is 0. The van der Waals surface area contributed by atoms with E-state index in [9.17, 15) is 59.4 Å². The summed E-state index contributed by atoms with van der Waals surface area (Å²) in [4.78, 5) is 72.5. The van der Waals surface area contributed by atoms with Crippen molar-refractivity contribution in [3.05, 3.63) is 179 Å². The van der Waals surface area contributed by atoms with E-state index in [1.54, 1.807) is 72.8 Å². The fraction of sp³-hybridized carbons (Fsp3) is 0. The minimum Gasteiger partial charge on any atom is -0.478 e. The molecule has 0 aliphatic carbocycles. The number of rotatable bonds is 12. The molecule has 294 valence electrons. The number of aromatic carboxylic acids is 6. The summed E-state index contributed by atoms with van der Waals surface area (Å²) in [5.74, 6) is -7.12. The van der Waals surface area contributed by atoms with Crippen molar-refractivity contribution in [1.82, 2.24) is 0 Å². The highest BCUT2D eigenvalue weighted by Gasteiger charge is 2.30. The lowest BCUT2D eigenvalue weighted by Crippen LogP contribution is -2.04. The van der Waals surface area contributed by atoms with Crippen LogP contribution in [0.2, 0.25) is 0 Å². The zero-order valence-electron chi connectivity index (χ0n) is 31.0. The van der Waals surface area contributed by atoms with Crippen LogP contribution in [0.5, 0.6) is 0 Å². The second kappa shape index (κ2) is 16.1. The predicted molar refractivity (Wildman–Crippen MR) is 221 cm³/mol. The van der Waals surface area contributed by atoms with Crippen LogP contribution in [0.3, 0.4) is 0 Å². The zero-order valence-corrected chi connectivity index (χ0v) is 31.0. The first-order valence-electron chi connectivity index (χ1n) is 18.0. The standard InChI is InChI=1S/C48H30O12/c49-43(50)31-13-1-25(2-14-31)37-38(26-3-15-32(16-4-26)44(51)52)40(28-7-19-34(20-8-28)46(55)56)42(30-11-23-36(24-12-30)48(59)60)41(29-9-21-35(22-10-29)47(57)58)39(37)27-5-17-33(18-6-27)45(53)54/h1-24H,(H,49,50)(H,51,52)(H,53,54)(H,55,56)(H,57,58)(H,59,60). The quantitative estimate of drug-likeness (QED) is 0.0679. The van der Waals surface area contributed by atoms with Gasteiger partial charge in [0.15, 0.2) is 0 Å². The molecular weight excluding hydrogens is 769 g/mol. The van der Waals surface area contributed by atoms with Crippen LogP contribution in [0.1, 0.15) is 62.1 Å². The minimum atomic E-state index is -1.19. The first-order valence-corrected chi connectivity index (χ1v) is 18.0. The summed E-state index contributed by atoms with van der Waals surface area (Å²) in [5, 5.41) is 59.2. The number of carboxylic acids is 6. The van der Waals surface area contributed by atoms with Gasteiger partial charge < -0.3 is 30.6 Å². The predicted octanol–water partition coefficient (Wildman–Crippen LogP) is 9.88. The Morgan fingerprint density at radius 1 is 0.200 bits per heavy atom. The Hall–Kier alpha value is -8.64. The number of hydrogen-bond donors (Lipinski definition) is 6. The Kier molecular flexibility index (Phi) is 10.6. The molecule has 0 atom stereocenters. The summed E-state index contributed by atoms with van der Waals surface area (Å²) in [6.45, 7) is 0. The lowest BCUT2D eigenvalue weighted by Gasteiger charge is -2.29. The smallest absolute Gasteiger partial charge is 0.335 e. The van der Waals surface area contributed by atoms with Gasteiger partial charge in [-0.05, 0) is 140 Å². The van der Waals surface area contributed by atoms with Crippen LogP contribution in [-0.4, -0.2) is 66.5 Å². The van der Waals surface area contributed by atoms with Crippen molar-refractivity contribution >= 4 is 35.8 Å². The third-order valence-electron chi connectivity index (χ3n) is 10.0. The summed E-state index contributed by atoms with van der Waals surface area (Å²) in [6, 6.07) is 36.1. The van der Waals surface area contributed by atoms with Crippen molar-refractivity contribution < 1.29 is 59.4 Å². The van der Waals surface area contributed by atoms with Gasteiger partial charge in [-0.2, -0.15) is 0 Å². The fourth-order valence-electron chi connectivity index (χ4n) is 7.16. The normalized spacial score (nSPS) is 10.8. The molecule has 0 saturated carbocycles. The molecule has 0 unspecified atom stereocenters. The van der Waals surface area contributed by atoms with Gasteiger partial charge >= 0.3 is 35.8 Å². The second-order valence-electron chi connectivity index (χ2n) is 13.5. The van der Waals surface area contributed by atoms with E-state index in [4.69, 9.17) is 0 Å². The third kappa shape index (κ3) is 7.59. The molecule has 0 aromatic heterocycles. The Labute approximate surface area is 340 Å². The van der Waals surface area contributed by atoms with Crippen LogP contribution in [0.25, 0.3) is 66.8 Å². The lowest BCUT2D eigenvalue weighted by molar-refractivity contribution is 0.0686. The average Bonchev–Trinajstić information content (AvgIpc) is 3.25. The van der Waals surface area contributed by atoms with E-state index in [0.29, 0.717) is 66.8 Å². The van der Waals surface area contributed by atoms with Crippen molar-refractivity contribution in [2.75, 3.05) is 0 Å². The van der Waals surface area contributed by atoms with Crippen molar-refractivity contribution in [2.24, 2.45) is 0 Å². The van der Waals surface area contributed by atoms with Crippen molar-refractivity contribution in [2.45, 2.75) is 0 Å². The molecule has 7 aromatic carbocycles. The molecule has 0 radical (unpaired) electrons. The molecule has 0 aliphatic heterocycles. The van der Waals surface area contributed by atoms with Gasteiger partial charge in [0.2, 0.25) is 0 Å². The molecule has 0 fully saturated rings. The molecule has 0 spiro atoms. The topological polar surface area (TPSA) is 224 Å². The molecule has 7 rings (SSSR count). The van der Waals surface area contributed by atoms with Gasteiger partial charge in [-0.25, -0.2) is 28.8 Å². The first-order chi connectivity index (χ1) is 28.7. The monoisotopic (exact) mass is 798 g/mol. The number of carbonyl (C=O) groups is 6. The molecule has 0 aliphatic rings. The van der Waals surface area contributed by atoms with Crippen molar-refractivity contribution in [3.8, 4) is 66.8 Å². The maximum atomic E-state index is 12.1. The lowest BCUT2D eigenvalue weighted by atomic mass is 9.74. The molecule has 12 heteroatoms. The largest absolute Gasteiger partial charge is 0.478 e. The summed E-state index contributed by atoms with van der Waals surface area (Å²) >= 11 is 0. The molecule has 0 heterocycles. The maximum Gasteiger partial charge on any atom is 0.335 e. The van der Waals surface area contributed by atoms with Gasteiger partial charge in [0, 0.05) is 0 Å². The van der Waals surface area contributed by atoms with Crippen molar-refractivity contribution in [3.63, 3.8) is 0 Å². The van der Waals surface area contributed by atoms with E-state index < -0.39 is 35.8 Å².